The summed E-state index contributed by atoms with van der Waals surface area (Å²) in [6.07, 6.45) is 0.974. The van der Waals surface area contributed by atoms with E-state index in [1.54, 1.807) is 13.0 Å². The number of nitrogens with one attached hydrogen (secondary N) is 1. The van der Waals surface area contributed by atoms with Crippen LogP contribution in [0.25, 0.3) is 0 Å². The second-order valence-electron chi connectivity index (χ2n) is 3.64. The number of phenolic OH excluding ortho intramolecular Hbond substituents is 1. The fraction of sp³-hybridized carbons (Fsp3) is 0.300. The molecule has 0 aliphatic rings. The summed E-state index contributed by atoms with van der Waals surface area (Å²) >= 11 is 0. The third kappa shape index (κ3) is 3.90. The first-order valence-corrected chi connectivity index (χ1v) is 6.61. The molecular formula is C10H13NO4S. The lowest BCUT2D eigenvalue weighted by atomic mass is 10.2. The highest BCUT2D eigenvalue weighted by Gasteiger charge is 2.12. The first kappa shape index (κ1) is 12.5. The van der Waals surface area contributed by atoms with E-state index in [1.165, 1.54) is 12.1 Å². The summed E-state index contributed by atoms with van der Waals surface area (Å²) in [5, 5.41) is 11.8. The van der Waals surface area contributed by atoms with Gasteiger partial charge in [0.15, 0.2) is 9.84 Å². The molecule has 2 N–H and O–H groups in total. The van der Waals surface area contributed by atoms with Crippen LogP contribution in [0.1, 0.15) is 5.56 Å². The Labute approximate surface area is 94.0 Å². The van der Waals surface area contributed by atoms with E-state index >= 15 is 0 Å². The predicted octanol–water partition coefficient (Wildman–Crippen LogP) is 0.684. The van der Waals surface area contributed by atoms with Gasteiger partial charge < -0.3 is 10.4 Å². The minimum Gasteiger partial charge on any atom is -0.506 e. The summed E-state index contributed by atoms with van der Waals surface area (Å²) in [4.78, 5) is 11.3. The monoisotopic (exact) mass is 243 g/mol. The van der Waals surface area contributed by atoms with E-state index in [9.17, 15) is 18.3 Å². The summed E-state index contributed by atoms with van der Waals surface area (Å²) in [5.41, 5.74) is 1.05. The molecule has 1 aromatic rings. The molecule has 0 aliphatic carbocycles. The normalized spacial score (nSPS) is 11.1. The molecule has 0 atom stereocenters. The average molecular weight is 243 g/mol. The molecule has 0 bridgehead atoms. The summed E-state index contributed by atoms with van der Waals surface area (Å²) < 4.78 is 21.7. The van der Waals surface area contributed by atoms with Crippen molar-refractivity contribution in [1.29, 1.82) is 0 Å². The Morgan fingerprint density at radius 3 is 2.56 bits per heavy atom. The number of aromatic hydroxyl groups is 1. The number of aryl methyl sites for hydroxylation is 1. The maximum absolute atomic E-state index is 11.3. The van der Waals surface area contributed by atoms with E-state index in [2.05, 4.69) is 5.32 Å². The highest BCUT2D eigenvalue weighted by Crippen LogP contribution is 2.23. The van der Waals surface area contributed by atoms with Crippen molar-refractivity contribution in [3.8, 4) is 5.75 Å². The zero-order chi connectivity index (χ0) is 12.3. The minimum atomic E-state index is -3.36. The quantitative estimate of drug-likeness (QED) is 0.765. The van der Waals surface area contributed by atoms with E-state index in [0.717, 1.165) is 11.8 Å². The van der Waals surface area contributed by atoms with E-state index in [1.807, 2.05) is 0 Å². The molecule has 1 aromatic carbocycles. The number of anilines is 1. The van der Waals surface area contributed by atoms with Gasteiger partial charge in [-0.25, -0.2) is 8.42 Å². The first-order chi connectivity index (χ1) is 7.28. The number of benzene rings is 1. The van der Waals surface area contributed by atoms with Crippen LogP contribution in [0.5, 0.6) is 5.75 Å². The molecule has 0 spiro atoms. The van der Waals surface area contributed by atoms with E-state index in [-0.39, 0.29) is 11.4 Å². The Hall–Kier alpha value is -1.56. The first-order valence-electron chi connectivity index (χ1n) is 4.55. The molecule has 0 saturated carbocycles. The van der Waals surface area contributed by atoms with Crippen molar-refractivity contribution in [3.63, 3.8) is 0 Å². The highest BCUT2D eigenvalue weighted by atomic mass is 32.2. The molecule has 0 aromatic heterocycles. The Morgan fingerprint density at radius 1 is 1.44 bits per heavy atom. The van der Waals surface area contributed by atoms with Gasteiger partial charge in [0, 0.05) is 6.26 Å². The third-order valence-corrected chi connectivity index (χ3v) is 2.61. The zero-order valence-corrected chi connectivity index (χ0v) is 9.84. The van der Waals surface area contributed by atoms with Gasteiger partial charge in [0.1, 0.15) is 11.5 Å². The van der Waals surface area contributed by atoms with Gasteiger partial charge in [-0.2, -0.15) is 0 Å². The van der Waals surface area contributed by atoms with Gasteiger partial charge in [0.05, 0.1) is 5.69 Å². The van der Waals surface area contributed by atoms with Gasteiger partial charge in [0.25, 0.3) is 0 Å². The lowest BCUT2D eigenvalue weighted by Gasteiger charge is -2.07. The molecule has 88 valence electrons. The van der Waals surface area contributed by atoms with Gasteiger partial charge in [-0.1, -0.05) is 6.07 Å². The molecule has 1 rings (SSSR count). The van der Waals surface area contributed by atoms with Gasteiger partial charge in [-0.3, -0.25) is 4.79 Å². The van der Waals surface area contributed by atoms with Crippen LogP contribution < -0.4 is 5.32 Å². The maximum atomic E-state index is 11.3. The van der Waals surface area contributed by atoms with Crippen LogP contribution in [0.3, 0.4) is 0 Å². The van der Waals surface area contributed by atoms with E-state index in [0.29, 0.717) is 0 Å². The SMILES string of the molecule is Cc1ccc(NC(=O)CS(C)(=O)=O)c(O)c1. The summed E-state index contributed by atoms with van der Waals surface area (Å²) in [5.74, 6) is -1.34. The summed E-state index contributed by atoms with van der Waals surface area (Å²) in [6, 6.07) is 4.71. The number of carbonyl (C=O) groups is 1. The van der Waals surface area contributed by atoms with Crippen molar-refractivity contribution in [3.05, 3.63) is 23.8 Å². The Bertz CT molecular complexity index is 508. The second kappa shape index (κ2) is 4.52. The fourth-order valence-electron chi connectivity index (χ4n) is 1.17. The molecule has 0 unspecified atom stereocenters. The number of hydrogen-bond donors (Lipinski definition) is 2. The predicted molar refractivity (Wildman–Crippen MR) is 61.2 cm³/mol. The molecule has 0 saturated heterocycles. The molecule has 0 heterocycles. The molecule has 0 fully saturated rings. The minimum absolute atomic E-state index is 0.0816. The number of sulfone groups is 1. The van der Waals surface area contributed by atoms with Gasteiger partial charge in [-0.15, -0.1) is 0 Å². The van der Waals surface area contributed by atoms with Crippen LogP contribution >= 0.6 is 0 Å². The number of phenols is 1. The van der Waals surface area contributed by atoms with Crippen LogP contribution in [0.4, 0.5) is 5.69 Å². The largest absolute Gasteiger partial charge is 0.506 e. The van der Waals surface area contributed by atoms with Crippen molar-refractivity contribution in [2.75, 3.05) is 17.3 Å². The topological polar surface area (TPSA) is 83.5 Å². The molecule has 16 heavy (non-hydrogen) atoms. The number of hydrogen-bond acceptors (Lipinski definition) is 4. The molecule has 0 radical (unpaired) electrons. The van der Waals surface area contributed by atoms with Crippen LogP contribution in [-0.4, -0.2) is 31.4 Å². The van der Waals surface area contributed by atoms with Crippen molar-refractivity contribution < 1.29 is 18.3 Å². The van der Waals surface area contributed by atoms with Crippen LogP contribution in [-0.2, 0) is 14.6 Å². The molecule has 6 heteroatoms. The zero-order valence-electron chi connectivity index (χ0n) is 9.02. The van der Waals surface area contributed by atoms with Crippen molar-refractivity contribution in [1.82, 2.24) is 0 Å². The standard InChI is InChI=1S/C10H13NO4S/c1-7-3-4-8(9(12)5-7)11-10(13)6-16(2,14)15/h3-5,12H,6H2,1-2H3,(H,11,13). The third-order valence-electron chi connectivity index (χ3n) is 1.82. The van der Waals surface area contributed by atoms with Crippen LogP contribution in [0.2, 0.25) is 0 Å². The number of rotatable bonds is 3. The Morgan fingerprint density at radius 2 is 2.06 bits per heavy atom. The van der Waals surface area contributed by atoms with E-state index < -0.39 is 21.5 Å². The highest BCUT2D eigenvalue weighted by molar-refractivity contribution is 7.91. The second-order valence-corrected chi connectivity index (χ2v) is 5.78. The fourth-order valence-corrected chi connectivity index (χ4v) is 1.72. The van der Waals surface area contributed by atoms with Crippen molar-refractivity contribution in [2.24, 2.45) is 0 Å². The lowest BCUT2D eigenvalue weighted by molar-refractivity contribution is -0.113. The van der Waals surface area contributed by atoms with Gasteiger partial charge in [-0.05, 0) is 24.6 Å². The van der Waals surface area contributed by atoms with E-state index in [4.69, 9.17) is 0 Å². The smallest absolute Gasteiger partial charge is 0.239 e. The maximum Gasteiger partial charge on any atom is 0.239 e. The van der Waals surface area contributed by atoms with Crippen molar-refractivity contribution in [2.45, 2.75) is 6.92 Å². The summed E-state index contributed by atoms with van der Waals surface area (Å²) in [6.45, 7) is 1.79. The van der Waals surface area contributed by atoms with Crippen molar-refractivity contribution >= 4 is 21.4 Å². The molecule has 0 aliphatic heterocycles. The Kier molecular flexibility index (Phi) is 3.54. The van der Waals surface area contributed by atoms with Gasteiger partial charge in [0.2, 0.25) is 5.91 Å². The van der Waals surface area contributed by atoms with Crippen LogP contribution in [0.15, 0.2) is 18.2 Å². The molecule has 5 nitrogen and oxygen atoms in total. The average Bonchev–Trinajstić information content (AvgIpc) is 2.06. The lowest BCUT2D eigenvalue weighted by Crippen LogP contribution is -2.21. The van der Waals surface area contributed by atoms with Crippen LogP contribution in [0, 0.1) is 6.92 Å². The Balaban J connectivity index is 2.78. The number of amides is 1. The van der Waals surface area contributed by atoms with Gasteiger partial charge >= 0.3 is 0 Å². The molecule has 1 amide bonds. The summed E-state index contributed by atoms with van der Waals surface area (Å²) in [7, 11) is -3.36. The molecular weight excluding hydrogens is 230 g/mol. The number of carbonyl (C=O) groups excluding carboxylic acids is 1.